The molecule has 2 rings (SSSR count). The van der Waals surface area contributed by atoms with Gasteiger partial charge in [0.1, 0.15) is 4.88 Å². The second-order valence-electron chi connectivity index (χ2n) is 4.28. The number of hydrogen-bond acceptors (Lipinski definition) is 4. The molecule has 106 valence electrons. The number of methoxy groups -OCH3 is 1. The van der Waals surface area contributed by atoms with Crippen LogP contribution in [0, 0.1) is 0 Å². The number of rotatable bonds is 5. The summed E-state index contributed by atoms with van der Waals surface area (Å²) in [6.07, 6.45) is 3.99. The van der Waals surface area contributed by atoms with E-state index in [1.807, 2.05) is 40.5 Å². The van der Waals surface area contributed by atoms with Gasteiger partial charge >= 0.3 is 5.97 Å². The predicted molar refractivity (Wildman–Crippen MR) is 77.2 cm³/mol. The summed E-state index contributed by atoms with van der Waals surface area (Å²) >= 11 is 1.40. The highest BCUT2D eigenvalue weighted by Crippen LogP contribution is 2.22. The molecule has 0 aromatic carbocycles. The van der Waals surface area contributed by atoms with Gasteiger partial charge in [0.2, 0.25) is 0 Å². The fraction of sp³-hybridized carbons (Fsp3) is 0.286. The Labute approximate surface area is 121 Å². The molecular weight excluding hydrogens is 276 g/mol. The Hall–Kier alpha value is -2.08. The van der Waals surface area contributed by atoms with Gasteiger partial charge in [-0.3, -0.25) is 9.59 Å². The molecule has 0 spiro atoms. The summed E-state index contributed by atoms with van der Waals surface area (Å²) in [4.78, 5) is 25.7. The van der Waals surface area contributed by atoms with Crippen LogP contribution in [0.2, 0.25) is 0 Å². The molecule has 0 radical (unpaired) electrons. The van der Waals surface area contributed by atoms with Crippen LogP contribution in [0.5, 0.6) is 0 Å². The summed E-state index contributed by atoms with van der Waals surface area (Å²) in [5.41, 5.74) is 0.856. The summed E-state index contributed by atoms with van der Waals surface area (Å²) in [6.45, 7) is 0.342. The first-order valence-corrected chi connectivity index (χ1v) is 7.04. The highest BCUT2D eigenvalue weighted by atomic mass is 32.1. The summed E-state index contributed by atoms with van der Waals surface area (Å²) in [5.74, 6) is -0.408. The highest BCUT2D eigenvalue weighted by Gasteiger charge is 2.18. The summed E-state index contributed by atoms with van der Waals surface area (Å²) in [6, 6.07) is 5.73. The highest BCUT2D eigenvalue weighted by molar-refractivity contribution is 7.12. The van der Waals surface area contributed by atoms with Gasteiger partial charge in [-0.15, -0.1) is 11.3 Å². The Morgan fingerprint density at radius 2 is 2.05 bits per heavy atom. The Balaban J connectivity index is 2.10. The molecule has 0 saturated heterocycles. The molecule has 0 fully saturated rings. The summed E-state index contributed by atoms with van der Waals surface area (Å²) in [7, 11) is 3.03. The molecule has 2 heterocycles. The van der Waals surface area contributed by atoms with E-state index in [1.54, 1.807) is 7.05 Å². The first-order chi connectivity index (χ1) is 9.63. The van der Waals surface area contributed by atoms with E-state index in [4.69, 9.17) is 0 Å². The predicted octanol–water partition coefficient (Wildman–Crippen LogP) is 2.17. The van der Waals surface area contributed by atoms with Crippen LogP contribution < -0.4 is 0 Å². The Morgan fingerprint density at radius 1 is 1.35 bits per heavy atom. The third-order valence-corrected chi connectivity index (χ3v) is 3.84. The Morgan fingerprint density at radius 3 is 2.70 bits per heavy atom. The van der Waals surface area contributed by atoms with Crippen LogP contribution in [-0.2, 0) is 9.53 Å². The molecule has 2 aromatic rings. The second-order valence-corrected chi connectivity index (χ2v) is 5.19. The van der Waals surface area contributed by atoms with Crippen molar-refractivity contribution in [2.75, 3.05) is 20.7 Å². The van der Waals surface area contributed by atoms with Crippen molar-refractivity contribution in [2.45, 2.75) is 6.42 Å². The number of thiophene rings is 1. The normalized spacial score (nSPS) is 10.3. The van der Waals surface area contributed by atoms with Crippen LogP contribution in [0.3, 0.4) is 0 Å². The molecule has 0 atom stereocenters. The number of carbonyl (C=O) groups excluding carboxylic acids is 2. The summed E-state index contributed by atoms with van der Waals surface area (Å²) < 4.78 is 6.48. The lowest BCUT2D eigenvalue weighted by Crippen LogP contribution is -2.29. The largest absolute Gasteiger partial charge is 0.469 e. The standard InChI is InChI=1S/C14H16N2O3S/c1-15(9-5-12(17)19-2)14(18)13-11(6-10-20-13)16-7-3-4-8-16/h3-4,6-8,10H,5,9H2,1-2H3. The van der Waals surface area contributed by atoms with Gasteiger partial charge in [0.05, 0.1) is 19.2 Å². The molecule has 5 nitrogen and oxygen atoms in total. The number of carbonyl (C=O) groups is 2. The van der Waals surface area contributed by atoms with Crippen molar-refractivity contribution < 1.29 is 14.3 Å². The molecule has 0 bridgehead atoms. The fourth-order valence-electron chi connectivity index (χ4n) is 1.80. The number of aromatic nitrogens is 1. The van der Waals surface area contributed by atoms with E-state index in [-0.39, 0.29) is 18.3 Å². The van der Waals surface area contributed by atoms with Gasteiger partial charge in [-0.25, -0.2) is 0 Å². The van der Waals surface area contributed by atoms with Crippen molar-refractivity contribution in [3.8, 4) is 5.69 Å². The zero-order valence-electron chi connectivity index (χ0n) is 11.4. The van der Waals surface area contributed by atoms with Crippen molar-refractivity contribution in [1.82, 2.24) is 9.47 Å². The van der Waals surface area contributed by atoms with Crippen LogP contribution in [0.4, 0.5) is 0 Å². The van der Waals surface area contributed by atoms with Crippen molar-refractivity contribution in [1.29, 1.82) is 0 Å². The monoisotopic (exact) mass is 292 g/mol. The first kappa shape index (κ1) is 14.3. The van der Waals surface area contributed by atoms with Gasteiger partial charge in [0.15, 0.2) is 0 Å². The molecule has 0 N–H and O–H groups in total. The third kappa shape index (κ3) is 3.08. The van der Waals surface area contributed by atoms with E-state index in [0.29, 0.717) is 11.4 Å². The minimum absolute atomic E-state index is 0.0902. The van der Waals surface area contributed by atoms with Crippen LogP contribution in [0.25, 0.3) is 5.69 Å². The third-order valence-electron chi connectivity index (χ3n) is 2.95. The minimum Gasteiger partial charge on any atom is -0.469 e. The van der Waals surface area contributed by atoms with E-state index in [0.717, 1.165) is 5.69 Å². The molecule has 0 saturated carbocycles. The number of esters is 1. The number of nitrogens with zero attached hydrogens (tertiary/aromatic N) is 2. The molecule has 1 amide bonds. The van der Waals surface area contributed by atoms with Crippen molar-refractivity contribution in [3.63, 3.8) is 0 Å². The van der Waals surface area contributed by atoms with Crippen molar-refractivity contribution >= 4 is 23.2 Å². The summed E-state index contributed by atoms with van der Waals surface area (Å²) in [5, 5.41) is 1.89. The average Bonchev–Trinajstić information content (AvgIpc) is 3.12. The zero-order chi connectivity index (χ0) is 14.5. The van der Waals surface area contributed by atoms with Crippen LogP contribution in [0.15, 0.2) is 36.0 Å². The quantitative estimate of drug-likeness (QED) is 0.794. The Kier molecular flexibility index (Phi) is 4.57. The van der Waals surface area contributed by atoms with E-state index in [1.165, 1.54) is 23.3 Å². The molecule has 2 aromatic heterocycles. The van der Waals surface area contributed by atoms with Crippen molar-refractivity contribution in [2.24, 2.45) is 0 Å². The molecule has 0 unspecified atom stereocenters. The van der Waals surface area contributed by atoms with Gasteiger partial charge in [-0.2, -0.15) is 0 Å². The van der Waals surface area contributed by atoms with Crippen molar-refractivity contribution in [3.05, 3.63) is 40.8 Å². The van der Waals surface area contributed by atoms with E-state index in [2.05, 4.69) is 4.74 Å². The molecule has 0 aliphatic rings. The van der Waals surface area contributed by atoms with E-state index >= 15 is 0 Å². The lowest BCUT2D eigenvalue weighted by Gasteiger charge is -2.16. The zero-order valence-corrected chi connectivity index (χ0v) is 12.2. The van der Waals surface area contributed by atoms with Gasteiger partial charge in [0, 0.05) is 26.0 Å². The maximum Gasteiger partial charge on any atom is 0.307 e. The van der Waals surface area contributed by atoms with E-state index < -0.39 is 0 Å². The molecule has 0 aliphatic heterocycles. The van der Waals surface area contributed by atoms with Crippen LogP contribution in [-0.4, -0.2) is 42.0 Å². The molecule has 20 heavy (non-hydrogen) atoms. The molecule has 0 aliphatic carbocycles. The number of amides is 1. The second kappa shape index (κ2) is 6.38. The van der Waals surface area contributed by atoms with Crippen LogP contribution in [0.1, 0.15) is 16.1 Å². The van der Waals surface area contributed by atoms with Gasteiger partial charge in [-0.1, -0.05) is 0 Å². The smallest absolute Gasteiger partial charge is 0.307 e. The van der Waals surface area contributed by atoms with Gasteiger partial charge in [-0.05, 0) is 23.6 Å². The lowest BCUT2D eigenvalue weighted by molar-refractivity contribution is -0.140. The topological polar surface area (TPSA) is 51.5 Å². The van der Waals surface area contributed by atoms with Crippen LogP contribution >= 0.6 is 11.3 Å². The maximum atomic E-state index is 12.4. The van der Waals surface area contributed by atoms with E-state index in [9.17, 15) is 9.59 Å². The first-order valence-electron chi connectivity index (χ1n) is 6.16. The number of ether oxygens (including phenoxy) is 1. The lowest BCUT2D eigenvalue weighted by atomic mass is 10.3. The SMILES string of the molecule is COC(=O)CCN(C)C(=O)c1sccc1-n1cccc1. The van der Waals surface area contributed by atoms with Gasteiger partial charge in [0.25, 0.3) is 5.91 Å². The maximum absolute atomic E-state index is 12.4. The van der Waals surface area contributed by atoms with Gasteiger partial charge < -0.3 is 14.2 Å². The fourth-order valence-corrected chi connectivity index (χ4v) is 2.68. The number of hydrogen-bond donors (Lipinski definition) is 0. The Bertz CT molecular complexity index is 589. The average molecular weight is 292 g/mol. The minimum atomic E-state index is -0.318. The molecular formula is C14H16N2O3S. The molecule has 6 heteroatoms.